The lowest BCUT2D eigenvalue weighted by molar-refractivity contribution is 0.443. The Bertz CT molecular complexity index is 1060. The molecule has 0 aromatic heterocycles. The molecule has 0 nitrogen and oxygen atoms in total. The zero-order chi connectivity index (χ0) is 22.9. The highest BCUT2D eigenvalue weighted by Crippen LogP contribution is 2.69. The number of hydrogen-bond donors (Lipinski definition) is 0. The van der Waals surface area contributed by atoms with Crippen molar-refractivity contribution in [2.75, 3.05) is 5.75 Å². The van der Waals surface area contributed by atoms with E-state index in [1.807, 2.05) is 0 Å². The summed E-state index contributed by atoms with van der Waals surface area (Å²) in [4.78, 5) is 4.53. The summed E-state index contributed by atoms with van der Waals surface area (Å²) in [5.74, 6) is 2.74. The summed E-state index contributed by atoms with van der Waals surface area (Å²) in [6, 6.07) is 30.9. The Morgan fingerprint density at radius 1 is 0.758 bits per heavy atom. The zero-order valence-electron chi connectivity index (χ0n) is 20.7. The molecule has 0 radical (unpaired) electrons. The SMILES string of the molecule is CCC1CC1(C)c1cccc(S(CC)(c2ccccc2)c2ccc(C3CCCCC3)cc2)c1. The lowest BCUT2D eigenvalue weighted by Gasteiger charge is -2.41. The van der Waals surface area contributed by atoms with E-state index in [9.17, 15) is 0 Å². The normalized spacial score (nSPS) is 25.8. The van der Waals surface area contributed by atoms with Crippen LogP contribution in [0.25, 0.3) is 0 Å². The van der Waals surface area contributed by atoms with Gasteiger partial charge in [0, 0.05) is 0 Å². The molecule has 0 spiro atoms. The van der Waals surface area contributed by atoms with Gasteiger partial charge in [-0.3, -0.25) is 0 Å². The number of hydrogen-bond acceptors (Lipinski definition) is 0. The molecule has 3 atom stereocenters. The maximum absolute atomic E-state index is 2.58. The highest BCUT2D eigenvalue weighted by Gasteiger charge is 2.50. The first-order valence-electron chi connectivity index (χ1n) is 13.2. The summed E-state index contributed by atoms with van der Waals surface area (Å²) in [5, 5.41) is 0. The van der Waals surface area contributed by atoms with E-state index in [0.717, 1.165) is 17.6 Å². The van der Waals surface area contributed by atoms with Crippen LogP contribution in [0.3, 0.4) is 0 Å². The lowest BCUT2D eigenvalue weighted by atomic mass is 9.84. The molecule has 3 aromatic rings. The molecule has 5 rings (SSSR count). The molecule has 1 heteroatoms. The van der Waals surface area contributed by atoms with Gasteiger partial charge in [0.1, 0.15) is 0 Å². The molecule has 3 unspecified atom stereocenters. The third kappa shape index (κ3) is 4.08. The Morgan fingerprint density at radius 2 is 1.42 bits per heavy atom. The van der Waals surface area contributed by atoms with Gasteiger partial charge in [-0.05, 0) is 104 Å². The third-order valence-electron chi connectivity index (χ3n) is 8.74. The molecule has 2 aliphatic carbocycles. The highest BCUT2D eigenvalue weighted by atomic mass is 32.3. The minimum absolute atomic E-state index is 0.366. The van der Waals surface area contributed by atoms with Crippen molar-refractivity contribution in [2.24, 2.45) is 5.92 Å². The summed E-state index contributed by atoms with van der Waals surface area (Å²) >= 11 is 0. The summed E-state index contributed by atoms with van der Waals surface area (Å²) in [5.41, 5.74) is 3.47. The Labute approximate surface area is 203 Å². The monoisotopic (exact) mass is 456 g/mol. The molecule has 2 fully saturated rings. The van der Waals surface area contributed by atoms with Gasteiger partial charge in [-0.1, -0.05) is 88.9 Å². The van der Waals surface area contributed by atoms with Crippen molar-refractivity contribution in [3.05, 3.63) is 90.0 Å². The van der Waals surface area contributed by atoms with Gasteiger partial charge in [-0.15, -0.1) is 0 Å². The molecule has 0 bridgehead atoms. The predicted octanol–water partition coefficient (Wildman–Crippen LogP) is 9.72. The van der Waals surface area contributed by atoms with Crippen molar-refractivity contribution in [2.45, 2.75) is 91.7 Å². The molecular weight excluding hydrogens is 416 g/mol. The van der Waals surface area contributed by atoms with Crippen LogP contribution in [0.15, 0.2) is 93.5 Å². The minimum atomic E-state index is -1.30. The van der Waals surface area contributed by atoms with Gasteiger partial charge in [0.05, 0.1) is 0 Å². The second kappa shape index (κ2) is 9.34. The average molecular weight is 457 g/mol. The van der Waals surface area contributed by atoms with E-state index >= 15 is 0 Å². The smallest absolute Gasteiger partial charge is 0.00159 e. The first-order valence-corrected chi connectivity index (χ1v) is 15.0. The van der Waals surface area contributed by atoms with Crippen molar-refractivity contribution < 1.29 is 0 Å². The van der Waals surface area contributed by atoms with Crippen LogP contribution >= 0.6 is 10.0 Å². The topological polar surface area (TPSA) is 0 Å². The largest absolute Gasteiger partial charge is 0.161 e. The summed E-state index contributed by atoms with van der Waals surface area (Å²) in [7, 11) is -1.30. The second-order valence-electron chi connectivity index (χ2n) is 10.5. The van der Waals surface area contributed by atoms with Gasteiger partial charge < -0.3 is 0 Å². The van der Waals surface area contributed by atoms with Gasteiger partial charge in [0.25, 0.3) is 0 Å². The Hall–Kier alpha value is -1.99. The molecule has 0 saturated heterocycles. The molecule has 174 valence electrons. The minimum Gasteiger partial charge on any atom is -0.161 e. The van der Waals surface area contributed by atoms with E-state index in [0.29, 0.717) is 5.41 Å². The maximum atomic E-state index is 2.58. The Kier molecular flexibility index (Phi) is 6.45. The van der Waals surface area contributed by atoms with Crippen molar-refractivity contribution in [1.82, 2.24) is 0 Å². The molecule has 2 aliphatic rings. The quantitative estimate of drug-likeness (QED) is 0.332. The molecule has 33 heavy (non-hydrogen) atoms. The predicted molar refractivity (Wildman–Crippen MR) is 144 cm³/mol. The number of rotatable bonds is 7. The van der Waals surface area contributed by atoms with E-state index in [1.54, 1.807) is 11.1 Å². The van der Waals surface area contributed by atoms with Crippen molar-refractivity contribution >= 4 is 10.0 Å². The zero-order valence-corrected chi connectivity index (χ0v) is 21.5. The molecule has 0 aliphatic heterocycles. The van der Waals surface area contributed by atoms with Crippen LogP contribution in [0.4, 0.5) is 0 Å². The first kappa shape index (κ1) is 22.8. The second-order valence-corrected chi connectivity index (χ2v) is 14.0. The van der Waals surface area contributed by atoms with Gasteiger partial charge in [-0.2, -0.15) is 10.0 Å². The van der Waals surface area contributed by atoms with Crippen LogP contribution in [0.1, 0.15) is 82.8 Å². The van der Waals surface area contributed by atoms with Gasteiger partial charge in [-0.25, -0.2) is 0 Å². The summed E-state index contributed by atoms with van der Waals surface area (Å²) < 4.78 is 0. The van der Waals surface area contributed by atoms with E-state index in [1.165, 1.54) is 59.6 Å². The molecule has 0 amide bonds. The molecule has 0 N–H and O–H groups in total. The number of benzene rings is 3. The van der Waals surface area contributed by atoms with E-state index in [2.05, 4.69) is 99.6 Å². The van der Waals surface area contributed by atoms with Gasteiger partial charge in [0.15, 0.2) is 0 Å². The lowest BCUT2D eigenvalue weighted by Crippen LogP contribution is -2.10. The molecule has 3 aromatic carbocycles. The van der Waals surface area contributed by atoms with E-state index in [4.69, 9.17) is 0 Å². The van der Waals surface area contributed by atoms with Gasteiger partial charge in [0.2, 0.25) is 0 Å². The Balaban J connectivity index is 1.60. The summed E-state index contributed by atoms with van der Waals surface area (Å²) in [6.45, 7) is 7.22. The highest BCUT2D eigenvalue weighted by molar-refractivity contribution is 8.33. The molecule has 0 heterocycles. The molecule has 2 saturated carbocycles. The van der Waals surface area contributed by atoms with Crippen LogP contribution in [0, 0.1) is 5.92 Å². The van der Waals surface area contributed by atoms with Crippen molar-refractivity contribution in [1.29, 1.82) is 0 Å². The molecular formula is C32H40S. The third-order valence-corrected chi connectivity index (χ3v) is 12.8. The van der Waals surface area contributed by atoms with Crippen molar-refractivity contribution in [3.8, 4) is 0 Å². The average Bonchev–Trinajstić information content (AvgIpc) is 3.58. The maximum Gasteiger partial charge on any atom is -0.00159 e. The van der Waals surface area contributed by atoms with E-state index < -0.39 is 10.0 Å². The summed E-state index contributed by atoms with van der Waals surface area (Å²) in [6.07, 6.45) is 9.55. The van der Waals surface area contributed by atoms with Crippen LogP contribution in [0.2, 0.25) is 0 Å². The first-order chi connectivity index (χ1) is 16.1. The van der Waals surface area contributed by atoms with Crippen LogP contribution in [-0.2, 0) is 5.41 Å². The van der Waals surface area contributed by atoms with Crippen LogP contribution in [-0.4, -0.2) is 5.75 Å². The van der Waals surface area contributed by atoms with Gasteiger partial charge >= 0.3 is 0 Å². The van der Waals surface area contributed by atoms with Crippen molar-refractivity contribution in [3.63, 3.8) is 0 Å². The standard InChI is InChI=1S/C32H40S/c1-4-27-24-32(27,3)28-15-12-18-31(23-28)33(5-2,29-16-10-7-11-17-29)30-21-19-26(20-22-30)25-13-8-6-9-14-25/h7,10-12,15-23,25,27H,4-6,8-9,13-14,24H2,1-3H3. The Morgan fingerprint density at radius 3 is 2.06 bits per heavy atom. The van der Waals surface area contributed by atoms with E-state index in [-0.39, 0.29) is 0 Å². The fourth-order valence-electron chi connectivity index (χ4n) is 6.44. The fraction of sp³-hybridized carbons (Fsp3) is 0.438. The van der Waals surface area contributed by atoms with Crippen LogP contribution < -0.4 is 0 Å². The fourth-order valence-corrected chi connectivity index (χ4v) is 10.1. The van der Waals surface area contributed by atoms with Crippen LogP contribution in [0.5, 0.6) is 0 Å².